The van der Waals surface area contributed by atoms with Gasteiger partial charge in [-0.25, -0.2) is 22.0 Å². The van der Waals surface area contributed by atoms with E-state index in [1.165, 1.54) is 0 Å². The van der Waals surface area contributed by atoms with Crippen LogP contribution in [0.1, 0.15) is 16.8 Å². The maximum absolute atomic E-state index is 13.9. The minimum atomic E-state index is -4.07. The Morgan fingerprint density at radius 2 is 2.05 bits per heavy atom. The van der Waals surface area contributed by atoms with Crippen molar-refractivity contribution in [3.8, 4) is 0 Å². The molecule has 0 aliphatic carbocycles. The SMILES string of the molecule is O=C(O)c1c(F)ccc(S(=O)(=O)C2CCOC2)c1F. The molecular weight excluding hydrogens is 282 g/mol. The van der Waals surface area contributed by atoms with E-state index in [1.54, 1.807) is 0 Å². The van der Waals surface area contributed by atoms with Gasteiger partial charge in [-0.15, -0.1) is 0 Å². The van der Waals surface area contributed by atoms with Crippen molar-refractivity contribution in [1.29, 1.82) is 0 Å². The Hall–Kier alpha value is -1.54. The van der Waals surface area contributed by atoms with E-state index < -0.39 is 43.1 Å². The molecular formula is C11H10F2O5S. The van der Waals surface area contributed by atoms with E-state index in [2.05, 4.69) is 0 Å². The van der Waals surface area contributed by atoms with Crippen LogP contribution in [0.3, 0.4) is 0 Å². The third kappa shape index (κ3) is 2.33. The predicted octanol–water partition coefficient (Wildman–Crippen LogP) is 1.23. The number of carbonyl (C=O) groups is 1. The van der Waals surface area contributed by atoms with Crippen LogP contribution in [0, 0.1) is 11.6 Å². The summed E-state index contributed by atoms with van der Waals surface area (Å²) < 4.78 is 56.2. The largest absolute Gasteiger partial charge is 0.477 e. The maximum atomic E-state index is 13.9. The molecule has 1 heterocycles. The lowest BCUT2D eigenvalue weighted by Crippen LogP contribution is -2.23. The number of benzene rings is 1. The molecule has 104 valence electrons. The molecule has 1 saturated heterocycles. The first-order chi connectivity index (χ1) is 8.85. The van der Waals surface area contributed by atoms with E-state index in [-0.39, 0.29) is 19.6 Å². The van der Waals surface area contributed by atoms with Crippen LogP contribution in [0.25, 0.3) is 0 Å². The molecule has 1 N–H and O–H groups in total. The average Bonchev–Trinajstić information content (AvgIpc) is 2.81. The zero-order chi connectivity index (χ0) is 14.2. The average molecular weight is 292 g/mol. The lowest BCUT2D eigenvalue weighted by Gasteiger charge is -2.12. The summed E-state index contributed by atoms with van der Waals surface area (Å²) in [6, 6.07) is 1.37. The van der Waals surface area contributed by atoms with Crippen LogP contribution in [0.2, 0.25) is 0 Å². The van der Waals surface area contributed by atoms with Gasteiger partial charge in [0, 0.05) is 6.61 Å². The van der Waals surface area contributed by atoms with E-state index in [4.69, 9.17) is 9.84 Å². The zero-order valence-corrected chi connectivity index (χ0v) is 10.4. The smallest absolute Gasteiger partial charge is 0.341 e. The molecule has 5 nitrogen and oxygen atoms in total. The van der Waals surface area contributed by atoms with E-state index in [0.717, 1.165) is 6.07 Å². The molecule has 0 amide bonds. The summed E-state index contributed by atoms with van der Waals surface area (Å²) in [4.78, 5) is 9.94. The van der Waals surface area contributed by atoms with Crippen LogP contribution in [-0.4, -0.2) is 38.0 Å². The molecule has 0 saturated carbocycles. The summed E-state index contributed by atoms with van der Waals surface area (Å²) >= 11 is 0. The number of halogens is 2. The molecule has 1 aromatic carbocycles. The van der Waals surface area contributed by atoms with Crippen LogP contribution >= 0.6 is 0 Å². The van der Waals surface area contributed by atoms with Gasteiger partial charge in [0.25, 0.3) is 0 Å². The van der Waals surface area contributed by atoms with E-state index in [0.29, 0.717) is 6.07 Å². The molecule has 0 spiro atoms. The predicted molar refractivity (Wildman–Crippen MR) is 59.7 cm³/mol. The molecule has 0 radical (unpaired) electrons. The quantitative estimate of drug-likeness (QED) is 0.847. The van der Waals surface area contributed by atoms with Crippen LogP contribution in [0.5, 0.6) is 0 Å². The number of carboxylic acid groups (broad SMARTS) is 1. The van der Waals surface area contributed by atoms with Crippen molar-refractivity contribution in [3.05, 3.63) is 29.3 Å². The van der Waals surface area contributed by atoms with Gasteiger partial charge in [0.1, 0.15) is 16.3 Å². The molecule has 8 heteroatoms. The molecule has 1 aliphatic heterocycles. The Kier molecular flexibility index (Phi) is 3.55. The number of aromatic carboxylic acids is 1. The lowest BCUT2D eigenvalue weighted by atomic mass is 10.2. The standard InChI is InChI=1S/C11H10F2O5S/c12-7-1-2-8(10(13)9(7)11(14)15)19(16,17)6-3-4-18-5-6/h1-2,6H,3-5H2,(H,14,15). The third-order valence-corrected chi connectivity index (χ3v) is 5.08. The molecule has 1 unspecified atom stereocenters. The van der Waals surface area contributed by atoms with Gasteiger partial charge in [-0.3, -0.25) is 0 Å². The zero-order valence-electron chi connectivity index (χ0n) is 9.60. The summed E-state index contributed by atoms with van der Waals surface area (Å²) in [5.41, 5.74) is -1.26. The van der Waals surface area contributed by atoms with Crippen LogP contribution < -0.4 is 0 Å². The van der Waals surface area contributed by atoms with Crippen LogP contribution in [-0.2, 0) is 14.6 Å². The molecule has 19 heavy (non-hydrogen) atoms. The molecule has 0 aromatic heterocycles. The van der Waals surface area contributed by atoms with Crippen molar-refractivity contribution >= 4 is 15.8 Å². The summed E-state index contributed by atoms with van der Waals surface area (Å²) in [7, 11) is -4.07. The first-order valence-corrected chi connectivity index (χ1v) is 6.93. The molecule has 1 atom stereocenters. The van der Waals surface area contributed by atoms with E-state index in [1.807, 2.05) is 0 Å². The van der Waals surface area contributed by atoms with Gasteiger partial charge >= 0.3 is 5.97 Å². The fraction of sp³-hybridized carbons (Fsp3) is 0.364. The van der Waals surface area contributed by atoms with Crippen molar-refractivity contribution in [1.82, 2.24) is 0 Å². The highest BCUT2D eigenvalue weighted by molar-refractivity contribution is 7.92. The fourth-order valence-corrected chi connectivity index (χ4v) is 3.54. The summed E-state index contributed by atoms with van der Waals surface area (Å²) in [5.74, 6) is -4.74. The Balaban J connectivity index is 2.57. The Bertz CT molecular complexity index is 620. The summed E-state index contributed by atoms with van der Waals surface area (Å²) in [5, 5.41) is 7.77. The van der Waals surface area contributed by atoms with Gasteiger partial charge in [-0.05, 0) is 18.6 Å². The van der Waals surface area contributed by atoms with Crippen molar-refractivity contribution in [2.75, 3.05) is 13.2 Å². The summed E-state index contributed by atoms with van der Waals surface area (Å²) in [6.07, 6.45) is 0.196. The topological polar surface area (TPSA) is 80.7 Å². The Morgan fingerprint density at radius 1 is 1.37 bits per heavy atom. The fourth-order valence-electron chi connectivity index (χ4n) is 1.89. The lowest BCUT2D eigenvalue weighted by molar-refractivity contribution is 0.0685. The Labute approximate surface area is 107 Å². The Morgan fingerprint density at radius 3 is 2.58 bits per heavy atom. The second-order valence-corrected chi connectivity index (χ2v) is 6.27. The van der Waals surface area contributed by atoms with Crippen molar-refractivity contribution in [3.63, 3.8) is 0 Å². The van der Waals surface area contributed by atoms with Crippen molar-refractivity contribution < 1.29 is 31.8 Å². The van der Waals surface area contributed by atoms with Crippen LogP contribution in [0.4, 0.5) is 8.78 Å². The second kappa shape index (κ2) is 4.86. The first-order valence-electron chi connectivity index (χ1n) is 5.38. The van der Waals surface area contributed by atoms with E-state index >= 15 is 0 Å². The number of rotatable bonds is 3. The minimum Gasteiger partial charge on any atom is -0.477 e. The number of ether oxygens (including phenoxy) is 1. The monoisotopic (exact) mass is 292 g/mol. The molecule has 2 rings (SSSR count). The first kappa shape index (κ1) is 13.9. The van der Waals surface area contributed by atoms with Gasteiger partial charge in [0.15, 0.2) is 15.7 Å². The number of sulfone groups is 1. The van der Waals surface area contributed by atoms with Gasteiger partial charge in [0.05, 0.1) is 11.9 Å². The summed E-state index contributed by atoms with van der Waals surface area (Å²) in [6.45, 7) is 0.153. The van der Waals surface area contributed by atoms with Gasteiger partial charge in [-0.2, -0.15) is 0 Å². The van der Waals surface area contributed by atoms with Gasteiger partial charge in [0.2, 0.25) is 0 Å². The number of hydrogen-bond donors (Lipinski definition) is 1. The third-order valence-electron chi connectivity index (χ3n) is 2.90. The van der Waals surface area contributed by atoms with E-state index in [9.17, 15) is 22.0 Å². The highest BCUT2D eigenvalue weighted by Gasteiger charge is 2.35. The molecule has 1 aromatic rings. The minimum absolute atomic E-state index is 0.0818. The second-order valence-electron chi connectivity index (χ2n) is 4.07. The maximum Gasteiger partial charge on any atom is 0.341 e. The van der Waals surface area contributed by atoms with Crippen molar-refractivity contribution in [2.45, 2.75) is 16.6 Å². The van der Waals surface area contributed by atoms with Crippen molar-refractivity contribution in [2.24, 2.45) is 0 Å². The van der Waals surface area contributed by atoms with Gasteiger partial charge in [-0.1, -0.05) is 0 Å². The molecule has 1 fully saturated rings. The highest BCUT2D eigenvalue weighted by atomic mass is 32.2. The van der Waals surface area contributed by atoms with Gasteiger partial charge < -0.3 is 9.84 Å². The van der Waals surface area contributed by atoms with Crippen LogP contribution in [0.15, 0.2) is 17.0 Å². The molecule has 1 aliphatic rings. The highest BCUT2D eigenvalue weighted by Crippen LogP contribution is 2.27. The molecule has 0 bridgehead atoms. The number of hydrogen-bond acceptors (Lipinski definition) is 4. The number of carboxylic acids is 1. The normalized spacial score (nSPS) is 19.6.